The molecule has 0 aliphatic carbocycles. The van der Waals surface area contributed by atoms with Crippen LogP contribution in [0.1, 0.15) is 26.3 Å². The van der Waals surface area contributed by atoms with Crippen LogP contribution in [-0.2, 0) is 4.79 Å². The van der Waals surface area contributed by atoms with Crippen LogP contribution in [0.4, 0.5) is 0 Å². The number of benzene rings is 1. The molecule has 0 saturated carbocycles. The summed E-state index contributed by atoms with van der Waals surface area (Å²) in [4.78, 5) is 16.3. The molecule has 0 aromatic heterocycles. The Morgan fingerprint density at radius 2 is 1.81 bits per heavy atom. The van der Waals surface area contributed by atoms with E-state index in [0.717, 1.165) is 5.56 Å². The van der Waals surface area contributed by atoms with Crippen LogP contribution in [0.3, 0.4) is 0 Å². The molecule has 1 N–H and O–H groups in total. The average molecular weight is 288 g/mol. The highest BCUT2D eigenvalue weighted by atomic mass is 16.5. The summed E-state index contributed by atoms with van der Waals surface area (Å²) >= 11 is 0. The molecule has 1 aliphatic rings. The Hall–Kier alpha value is -2.30. The van der Waals surface area contributed by atoms with E-state index in [-0.39, 0.29) is 11.3 Å². The summed E-state index contributed by atoms with van der Waals surface area (Å²) in [6.45, 7) is 6.02. The van der Waals surface area contributed by atoms with E-state index in [1.807, 2.05) is 32.9 Å². The van der Waals surface area contributed by atoms with E-state index in [2.05, 4.69) is 10.3 Å². The number of carbonyl (C=O) groups is 1. The zero-order valence-corrected chi connectivity index (χ0v) is 13.0. The summed E-state index contributed by atoms with van der Waals surface area (Å²) < 4.78 is 10.4. The van der Waals surface area contributed by atoms with Crippen molar-refractivity contribution in [1.82, 2.24) is 5.32 Å². The summed E-state index contributed by atoms with van der Waals surface area (Å²) in [6.07, 6.45) is 1.73. The van der Waals surface area contributed by atoms with Crippen LogP contribution in [0.15, 0.2) is 28.9 Å². The molecule has 0 spiro atoms. The summed E-state index contributed by atoms with van der Waals surface area (Å²) in [5.74, 6) is 1.76. The lowest BCUT2D eigenvalue weighted by atomic mass is 9.95. The molecule has 0 radical (unpaired) electrons. The summed E-state index contributed by atoms with van der Waals surface area (Å²) in [6, 6.07) is 5.46. The van der Waals surface area contributed by atoms with E-state index in [4.69, 9.17) is 9.47 Å². The third-order valence-corrected chi connectivity index (χ3v) is 3.12. The lowest BCUT2D eigenvalue weighted by Gasteiger charge is -2.16. The monoisotopic (exact) mass is 288 g/mol. The second-order valence-corrected chi connectivity index (χ2v) is 5.81. The lowest BCUT2D eigenvalue weighted by Crippen LogP contribution is -2.34. The molecule has 5 heteroatoms. The second kappa shape index (κ2) is 5.60. The van der Waals surface area contributed by atoms with Crippen molar-refractivity contribution in [2.45, 2.75) is 20.8 Å². The first-order valence-corrected chi connectivity index (χ1v) is 6.69. The molecule has 0 unspecified atom stereocenters. The maximum absolute atomic E-state index is 12.0. The Bertz CT molecular complexity index is 625. The quantitative estimate of drug-likeness (QED) is 0.870. The topological polar surface area (TPSA) is 59.9 Å². The van der Waals surface area contributed by atoms with Gasteiger partial charge in [0, 0.05) is 5.41 Å². The number of hydrogen-bond acceptors (Lipinski definition) is 4. The number of rotatable bonds is 3. The first-order valence-electron chi connectivity index (χ1n) is 6.69. The molecule has 2 rings (SSSR count). The third kappa shape index (κ3) is 3.24. The number of amides is 1. The van der Waals surface area contributed by atoms with Crippen molar-refractivity contribution in [3.63, 3.8) is 0 Å². The largest absolute Gasteiger partial charge is 0.493 e. The number of nitrogens with one attached hydrogen (secondary N) is 1. The molecule has 0 fully saturated rings. The molecular weight excluding hydrogens is 268 g/mol. The van der Waals surface area contributed by atoms with Gasteiger partial charge in [-0.25, -0.2) is 4.99 Å². The van der Waals surface area contributed by atoms with Crippen molar-refractivity contribution in [2.75, 3.05) is 14.2 Å². The summed E-state index contributed by atoms with van der Waals surface area (Å²) in [5, 5.41) is 2.80. The van der Waals surface area contributed by atoms with Gasteiger partial charge in [0.25, 0.3) is 5.91 Å². The van der Waals surface area contributed by atoms with Crippen LogP contribution in [0, 0.1) is 5.41 Å². The molecule has 1 aromatic rings. The van der Waals surface area contributed by atoms with Crippen LogP contribution in [-0.4, -0.2) is 26.0 Å². The van der Waals surface area contributed by atoms with Crippen LogP contribution < -0.4 is 14.8 Å². The fourth-order valence-electron chi connectivity index (χ4n) is 1.92. The number of amidine groups is 1. The maximum Gasteiger partial charge on any atom is 0.275 e. The molecule has 21 heavy (non-hydrogen) atoms. The van der Waals surface area contributed by atoms with E-state index in [1.165, 1.54) is 0 Å². The summed E-state index contributed by atoms with van der Waals surface area (Å²) in [7, 11) is 3.16. The van der Waals surface area contributed by atoms with Gasteiger partial charge in [0.2, 0.25) is 0 Å². The van der Waals surface area contributed by atoms with E-state index >= 15 is 0 Å². The Morgan fingerprint density at radius 1 is 1.14 bits per heavy atom. The number of carbonyl (C=O) groups excluding carboxylic acids is 1. The highest BCUT2D eigenvalue weighted by molar-refractivity contribution is 6.15. The number of hydrogen-bond donors (Lipinski definition) is 1. The Balaban J connectivity index is 2.36. The standard InChI is InChI=1S/C16H20N2O3/c1-16(2,3)15-17-11(14(19)18-15)8-10-6-7-12(20-4)13(9-10)21-5/h6-9H,1-5H3,(H,17,18,19)/b11-8+. The van der Waals surface area contributed by atoms with Crippen LogP contribution in [0.25, 0.3) is 6.08 Å². The van der Waals surface area contributed by atoms with Crippen molar-refractivity contribution in [2.24, 2.45) is 10.4 Å². The first kappa shape index (κ1) is 15.1. The van der Waals surface area contributed by atoms with Gasteiger partial charge in [-0.1, -0.05) is 26.8 Å². The van der Waals surface area contributed by atoms with Crippen molar-refractivity contribution < 1.29 is 14.3 Å². The fraction of sp³-hybridized carbons (Fsp3) is 0.375. The Morgan fingerprint density at radius 3 is 2.33 bits per heavy atom. The van der Waals surface area contributed by atoms with Gasteiger partial charge in [-0.05, 0) is 23.8 Å². The van der Waals surface area contributed by atoms with E-state index in [9.17, 15) is 4.79 Å². The van der Waals surface area contributed by atoms with Gasteiger partial charge in [-0.15, -0.1) is 0 Å². The SMILES string of the molecule is COc1ccc(/C=C2/N=C(C(C)(C)C)NC2=O)cc1OC. The van der Waals surface area contributed by atoms with Gasteiger partial charge in [-0.3, -0.25) is 4.79 Å². The maximum atomic E-state index is 12.0. The van der Waals surface area contributed by atoms with Crippen LogP contribution in [0.5, 0.6) is 11.5 Å². The van der Waals surface area contributed by atoms with Crippen molar-refractivity contribution >= 4 is 17.8 Å². The molecule has 0 bridgehead atoms. The Kier molecular flexibility index (Phi) is 4.02. The normalized spacial score (nSPS) is 16.7. The number of ether oxygens (including phenoxy) is 2. The van der Waals surface area contributed by atoms with E-state index in [1.54, 1.807) is 26.4 Å². The smallest absolute Gasteiger partial charge is 0.275 e. The Labute approximate surface area is 124 Å². The average Bonchev–Trinajstić information content (AvgIpc) is 2.80. The van der Waals surface area contributed by atoms with Gasteiger partial charge < -0.3 is 14.8 Å². The number of methoxy groups -OCH3 is 2. The lowest BCUT2D eigenvalue weighted by molar-refractivity contribution is -0.115. The van der Waals surface area contributed by atoms with E-state index < -0.39 is 0 Å². The molecule has 5 nitrogen and oxygen atoms in total. The zero-order valence-electron chi connectivity index (χ0n) is 13.0. The van der Waals surface area contributed by atoms with Crippen molar-refractivity contribution in [1.29, 1.82) is 0 Å². The molecule has 0 saturated heterocycles. The van der Waals surface area contributed by atoms with Gasteiger partial charge >= 0.3 is 0 Å². The fourth-order valence-corrected chi connectivity index (χ4v) is 1.92. The number of aliphatic imine (C=N–C) groups is 1. The predicted octanol–water partition coefficient (Wildman–Crippen LogP) is 2.62. The zero-order chi connectivity index (χ0) is 15.6. The van der Waals surface area contributed by atoms with Crippen LogP contribution >= 0.6 is 0 Å². The summed E-state index contributed by atoms with van der Waals surface area (Å²) in [5.41, 5.74) is 1.03. The molecular formula is C16H20N2O3. The third-order valence-electron chi connectivity index (χ3n) is 3.12. The minimum absolute atomic E-state index is 0.185. The van der Waals surface area contributed by atoms with E-state index in [0.29, 0.717) is 23.0 Å². The van der Waals surface area contributed by atoms with Gasteiger partial charge in [0.15, 0.2) is 11.5 Å². The predicted molar refractivity (Wildman–Crippen MR) is 82.6 cm³/mol. The minimum Gasteiger partial charge on any atom is -0.493 e. The first-order chi connectivity index (χ1) is 9.85. The molecule has 112 valence electrons. The molecule has 1 aliphatic heterocycles. The molecule has 0 atom stereocenters. The number of nitrogens with zero attached hydrogens (tertiary/aromatic N) is 1. The minimum atomic E-state index is -0.192. The van der Waals surface area contributed by atoms with Crippen molar-refractivity contribution in [3.8, 4) is 11.5 Å². The highest BCUT2D eigenvalue weighted by Gasteiger charge is 2.28. The molecule has 1 aromatic carbocycles. The highest BCUT2D eigenvalue weighted by Crippen LogP contribution is 2.29. The van der Waals surface area contributed by atoms with Gasteiger partial charge in [0.05, 0.1) is 14.2 Å². The molecule has 1 amide bonds. The van der Waals surface area contributed by atoms with Gasteiger partial charge in [0.1, 0.15) is 11.5 Å². The van der Waals surface area contributed by atoms with Gasteiger partial charge in [-0.2, -0.15) is 0 Å². The molecule has 1 heterocycles. The second-order valence-electron chi connectivity index (χ2n) is 5.81. The van der Waals surface area contributed by atoms with Crippen molar-refractivity contribution in [3.05, 3.63) is 29.5 Å². The van der Waals surface area contributed by atoms with Crippen LogP contribution in [0.2, 0.25) is 0 Å².